The number of amides is 2. The molecule has 0 radical (unpaired) electrons. The fourth-order valence-electron chi connectivity index (χ4n) is 1.42. The van der Waals surface area contributed by atoms with Gasteiger partial charge in [-0.2, -0.15) is 0 Å². The van der Waals surface area contributed by atoms with Gasteiger partial charge in [-0.1, -0.05) is 0 Å². The molecule has 0 aliphatic heterocycles. The lowest BCUT2D eigenvalue weighted by Gasteiger charge is -2.18. The van der Waals surface area contributed by atoms with Crippen LogP contribution in [0.1, 0.15) is 17.3 Å². The van der Waals surface area contributed by atoms with Crippen molar-refractivity contribution in [2.75, 3.05) is 20.2 Å². The van der Waals surface area contributed by atoms with E-state index in [-0.39, 0.29) is 24.9 Å². The lowest BCUT2D eigenvalue weighted by Crippen LogP contribution is -2.38. The molecule has 1 rings (SSSR count). The average Bonchev–Trinajstić information content (AvgIpc) is 2.35. The third kappa shape index (κ3) is 3.29. The van der Waals surface area contributed by atoms with E-state index in [2.05, 4.69) is 0 Å². The van der Waals surface area contributed by atoms with Crippen LogP contribution in [-0.2, 0) is 4.79 Å². The number of imide groups is 1. The molecule has 0 aromatic heterocycles. The van der Waals surface area contributed by atoms with Gasteiger partial charge in [0, 0.05) is 25.6 Å². The maximum Gasteiger partial charge on any atom is 0.260 e. The molecule has 0 saturated carbocycles. The van der Waals surface area contributed by atoms with Crippen LogP contribution in [0.2, 0.25) is 0 Å². The van der Waals surface area contributed by atoms with Crippen molar-refractivity contribution in [2.24, 2.45) is 5.73 Å². The third-order valence-electron chi connectivity index (χ3n) is 2.31. The minimum absolute atomic E-state index is 0.222. The molecule has 0 atom stereocenters. The zero-order valence-corrected chi connectivity index (χ0v) is 9.97. The highest BCUT2D eigenvalue weighted by atomic mass is 16.5. The van der Waals surface area contributed by atoms with Gasteiger partial charge in [0.15, 0.2) is 0 Å². The third-order valence-corrected chi connectivity index (χ3v) is 2.31. The monoisotopic (exact) mass is 236 g/mol. The van der Waals surface area contributed by atoms with E-state index in [1.807, 2.05) is 0 Å². The Hall–Kier alpha value is -1.88. The average molecular weight is 236 g/mol. The highest BCUT2D eigenvalue weighted by Gasteiger charge is 2.18. The van der Waals surface area contributed by atoms with Crippen molar-refractivity contribution in [1.29, 1.82) is 0 Å². The Balaban J connectivity index is 2.89. The van der Waals surface area contributed by atoms with E-state index < -0.39 is 0 Å². The zero-order chi connectivity index (χ0) is 12.8. The fraction of sp³-hybridized carbons (Fsp3) is 0.333. The number of carbonyl (C=O) groups excluding carboxylic acids is 2. The first-order valence-electron chi connectivity index (χ1n) is 5.26. The van der Waals surface area contributed by atoms with Crippen LogP contribution in [-0.4, -0.2) is 36.9 Å². The summed E-state index contributed by atoms with van der Waals surface area (Å²) < 4.78 is 4.99. The number of rotatable bonds is 4. The molecular weight excluding hydrogens is 220 g/mol. The molecule has 17 heavy (non-hydrogen) atoms. The maximum absolute atomic E-state index is 12.0. The largest absolute Gasteiger partial charge is 0.497 e. The molecule has 0 unspecified atom stereocenters. The molecule has 0 aliphatic carbocycles. The fourth-order valence-corrected chi connectivity index (χ4v) is 1.42. The standard InChI is InChI=1S/C12H16N2O3/c1-9(15)14(8-7-13)12(16)10-3-5-11(17-2)6-4-10/h3-6H,7-8,13H2,1-2H3. The summed E-state index contributed by atoms with van der Waals surface area (Å²) in [5.74, 6) is 0.0108. The molecule has 1 aromatic carbocycles. The van der Waals surface area contributed by atoms with Crippen LogP contribution in [0.25, 0.3) is 0 Å². The Kier molecular flexibility index (Phi) is 4.66. The maximum atomic E-state index is 12.0. The van der Waals surface area contributed by atoms with Crippen molar-refractivity contribution in [3.63, 3.8) is 0 Å². The number of hydrogen-bond donors (Lipinski definition) is 1. The van der Waals surface area contributed by atoms with E-state index in [9.17, 15) is 9.59 Å². The van der Waals surface area contributed by atoms with Crippen molar-refractivity contribution in [3.8, 4) is 5.75 Å². The summed E-state index contributed by atoms with van der Waals surface area (Å²) in [7, 11) is 1.55. The van der Waals surface area contributed by atoms with E-state index in [0.29, 0.717) is 11.3 Å². The second-order valence-electron chi connectivity index (χ2n) is 3.49. The van der Waals surface area contributed by atoms with Gasteiger partial charge in [0.25, 0.3) is 5.91 Å². The molecule has 5 nitrogen and oxygen atoms in total. The summed E-state index contributed by atoms with van der Waals surface area (Å²) in [6.07, 6.45) is 0. The van der Waals surface area contributed by atoms with Crippen molar-refractivity contribution in [1.82, 2.24) is 4.90 Å². The summed E-state index contributed by atoms with van der Waals surface area (Å²) in [6, 6.07) is 6.59. The van der Waals surface area contributed by atoms with Gasteiger partial charge >= 0.3 is 0 Å². The van der Waals surface area contributed by atoms with Crippen LogP contribution in [0, 0.1) is 0 Å². The summed E-state index contributed by atoms with van der Waals surface area (Å²) in [4.78, 5) is 24.4. The van der Waals surface area contributed by atoms with Gasteiger partial charge in [0.1, 0.15) is 5.75 Å². The zero-order valence-electron chi connectivity index (χ0n) is 9.97. The predicted molar refractivity (Wildman–Crippen MR) is 63.8 cm³/mol. The normalized spacial score (nSPS) is 9.82. The predicted octanol–water partition coefficient (Wildman–Crippen LogP) is 0.643. The van der Waals surface area contributed by atoms with E-state index in [0.717, 1.165) is 4.90 Å². The molecule has 0 saturated heterocycles. The number of nitrogens with two attached hydrogens (primary N) is 1. The van der Waals surface area contributed by atoms with Crippen molar-refractivity contribution >= 4 is 11.8 Å². The Morgan fingerprint density at radius 2 is 1.88 bits per heavy atom. The molecule has 2 N–H and O–H groups in total. The molecule has 2 amide bonds. The Bertz CT molecular complexity index is 401. The van der Waals surface area contributed by atoms with Crippen LogP contribution in [0.4, 0.5) is 0 Å². The van der Waals surface area contributed by atoms with Gasteiger partial charge in [-0.3, -0.25) is 14.5 Å². The van der Waals surface area contributed by atoms with E-state index >= 15 is 0 Å². The number of nitrogens with zero attached hydrogens (tertiary/aromatic N) is 1. The lowest BCUT2D eigenvalue weighted by atomic mass is 10.2. The molecule has 1 aromatic rings. The minimum Gasteiger partial charge on any atom is -0.497 e. The van der Waals surface area contributed by atoms with Crippen LogP contribution in [0.3, 0.4) is 0 Å². The molecule has 0 bridgehead atoms. The number of benzene rings is 1. The molecule has 5 heteroatoms. The first-order chi connectivity index (χ1) is 8.10. The van der Waals surface area contributed by atoms with Gasteiger partial charge < -0.3 is 10.5 Å². The molecule has 92 valence electrons. The quantitative estimate of drug-likeness (QED) is 0.832. The van der Waals surface area contributed by atoms with Crippen LogP contribution < -0.4 is 10.5 Å². The van der Waals surface area contributed by atoms with Crippen molar-refractivity contribution < 1.29 is 14.3 Å². The summed E-state index contributed by atoms with van der Waals surface area (Å²) >= 11 is 0. The van der Waals surface area contributed by atoms with Crippen LogP contribution in [0.5, 0.6) is 5.75 Å². The number of ether oxygens (including phenoxy) is 1. The van der Waals surface area contributed by atoms with Gasteiger partial charge in [-0.05, 0) is 24.3 Å². The molecule has 0 fully saturated rings. The van der Waals surface area contributed by atoms with Crippen LogP contribution in [0.15, 0.2) is 24.3 Å². The number of methoxy groups -OCH3 is 1. The molecule has 0 spiro atoms. The van der Waals surface area contributed by atoms with Crippen molar-refractivity contribution in [2.45, 2.75) is 6.92 Å². The number of carbonyl (C=O) groups is 2. The molecule has 0 aliphatic rings. The number of hydrogen-bond acceptors (Lipinski definition) is 4. The second-order valence-corrected chi connectivity index (χ2v) is 3.49. The van der Waals surface area contributed by atoms with Gasteiger partial charge in [0.2, 0.25) is 5.91 Å². The van der Waals surface area contributed by atoms with E-state index in [4.69, 9.17) is 10.5 Å². The Morgan fingerprint density at radius 1 is 1.29 bits per heavy atom. The molecule has 0 heterocycles. The highest BCUT2D eigenvalue weighted by Crippen LogP contribution is 2.13. The lowest BCUT2D eigenvalue weighted by molar-refractivity contribution is -0.126. The Morgan fingerprint density at radius 3 is 2.29 bits per heavy atom. The summed E-state index contributed by atoms with van der Waals surface area (Å²) in [5.41, 5.74) is 5.80. The second kappa shape index (κ2) is 6.00. The summed E-state index contributed by atoms with van der Waals surface area (Å²) in [6.45, 7) is 1.82. The minimum atomic E-state index is -0.342. The van der Waals surface area contributed by atoms with Gasteiger partial charge in [-0.15, -0.1) is 0 Å². The van der Waals surface area contributed by atoms with E-state index in [1.165, 1.54) is 6.92 Å². The van der Waals surface area contributed by atoms with Gasteiger partial charge in [0.05, 0.1) is 7.11 Å². The van der Waals surface area contributed by atoms with Gasteiger partial charge in [-0.25, -0.2) is 0 Å². The Labute approximate surface area is 100 Å². The van der Waals surface area contributed by atoms with E-state index in [1.54, 1.807) is 31.4 Å². The highest BCUT2D eigenvalue weighted by molar-refractivity contribution is 6.04. The summed E-state index contributed by atoms with van der Waals surface area (Å²) in [5, 5.41) is 0. The first kappa shape index (κ1) is 13.2. The van der Waals surface area contributed by atoms with Crippen molar-refractivity contribution in [3.05, 3.63) is 29.8 Å². The first-order valence-corrected chi connectivity index (χ1v) is 5.26. The van der Waals surface area contributed by atoms with Crippen LogP contribution >= 0.6 is 0 Å². The smallest absolute Gasteiger partial charge is 0.260 e. The topological polar surface area (TPSA) is 72.6 Å². The molecular formula is C12H16N2O3. The SMILES string of the molecule is COc1ccc(C(=O)N(CCN)C(C)=O)cc1.